The lowest BCUT2D eigenvalue weighted by atomic mass is 9.93. The minimum absolute atomic E-state index is 0.0245. The summed E-state index contributed by atoms with van der Waals surface area (Å²) in [4.78, 5) is 24.6. The molecule has 102 valence electrons. The number of likely N-dealkylation sites (tertiary alicyclic amines) is 1. The molecular formula is C14H16FNO3. The quantitative estimate of drug-likeness (QED) is 0.910. The number of rotatable bonds is 3. The maximum atomic E-state index is 13.6. The summed E-state index contributed by atoms with van der Waals surface area (Å²) in [6, 6.07) is 4.06. The van der Waals surface area contributed by atoms with Crippen molar-refractivity contribution >= 4 is 11.9 Å². The highest BCUT2D eigenvalue weighted by Gasteiger charge is 2.43. The smallest absolute Gasteiger partial charge is 0.309 e. The van der Waals surface area contributed by atoms with Crippen LogP contribution >= 0.6 is 0 Å². The van der Waals surface area contributed by atoms with Crippen LogP contribution in [0.3, 0.4) is 0 Å². The van der Waals surface area contributed by atoms with Gasteiger partial charge in [-0.15, -0.1) is 0 Å². The molecule has 1 amide bonds. The van der Waals surface area contributed by atoms with E-state index in [0.29, 0.717) is 17.7 Å². The van der Waals surface area contributed by atoms with E-state index in [1.807, 2.05) is 0 Å². The molecule has 2 unspecified atom stereocenters. The van der Waals surface area contributed by atoms with Crippen molar-refractivity contribution in [3.63, 3.8) is 0 Å². The van der Waals surface area contributed by atoms with Crippen LogP contribution in [0.25, 0.3) is 0 Å². The monoisotopic (exact) mass is 265 g/mol. The van der Waals surface area contributed by atoms with Gasteiger partial charge in [-0.2, -0.15) is 0 Å². The summed E-state index contributed by atoms with van der Waals surface area (Å²) in [6.07, 6.45) is -0.0245. The Morgan fingerprint density at radius 2 is 2.21 bits per heavy atom. The van der Waals surface area contributed by atoms with Gasteiger partial charge in [-0.25, -0.2) is 4.39 Å². The predicted octanol–water partition coefficient (Wildman–Crippen LogP) is 2.13. The molecule has 0 spiro atoms. The van der Waals surface area contributed by atoms with Crippen molar-refractivity contribution in [1.29, 1.82) is 0 Å². The van der Waals surface area contributed by atoms with Crippen molar-refractivity contribution < 1.29 is 19.1 Å². The normalized spacial score (nSPS) is 22.9. The van der Waals surface area contributed by atoms with E-state index in [0.717, 1.165) is 0 Å². The number of nitrogens with zero attached hydrogens (tertiary/aromatic N) is 1. The molecule has 1 saturated heterocycles. The number of hydrogen-bond donors (Lipinski definition) is 1. The maximum Gasteiger partial charge on any atom is 0.309 e. The van der Waals surface area contributed by atoms with E-state index in [-0.39, 0.29) is 18.1 Å². The van der Waals surface area contributed by atoms with Crippen molar-refractivity contribution in [2.24, 2.45) is 5.92 Å². The lowest BCUT2D eigenvalue weighted by molar-refractivity contribution is -0.142. The van der Waals surface area contributed by atoms with Gasteiger partial charge in [-0.3, -0.25) is 9.59 Å². The maximum absolute atomic E-state index is 13.6. The van der Waals surface area contributed by atoms with Crippen molar-refractivity contribution in [3.8, 4) is 0 Å². The summed E-state index contributed by atoms with van der Waals surface area (Å²) in [7, 11) is 0. The van der Waals surface area contributed by atoms with Crippen LogP contribution < -0.4 is 0 Å². The first-order chi connectivity index (χ1) is 8.95. The number of carbonyl (C=O) groups is 2. The minimum Gasteiger partial charge on any atom is -0.481 e. The van der Waals surface area contributed by atoms with Gasteiger partial charge in [0, 0.05) is 13.0 Å². The van der Waals surface area contributed by atoms with Crippen LogP contribution in [-0.2, 0) is 9.59 Å². The van der Waals surface area contributed by atoms with E-state index in [9.17, 15) is 19.1 Å². The number of carbonyl (C=O) groups excluding carboxylic acids is 1. The molecule has 0 radical (unpaired) electrons. The molecule has 1 fully saturated rings. The van der Waals surface area contributed by atoms with Gasteiger partial charge >= 0.3 is 5.97 Å². The lowest BCUT2D eigenvalue weighted by Gasteiger charge is -2.26. The van der Waals surface area contributed by atoms with Gasteiger partial charge in [-0.05, 0) is 31.0 Å². The predicted molar refractivity (Wildman–Crippen MR) is 67.0 cm³/mol. The molecular weight excluding hydrogens is 249 g/mol. The van der Waals surface area contributed by atoms with Crippen LogP contribution in [0.2, 0.25) is 0 Å². The fourth-order valence-electron chi connectivity index (χ4n) is 2.59. The number of carboxylic acids is 1. The zero-order valence-corrected chi connectivity index (χ0v) is 10.9. The zero-order valence-electron chi connectivity index (χ0n) is 10.9. The number of hydrogen-bond acceptors (Lipinski definition) is 2. The van der Waals surface area contributed by atoms with Gasteiger partial charge in [0.25, 0.3) is 0 Å². The van der Waals surface area contributed by atoms with Gasteiger partial charge in [0.2, 0.25) is 5.91 Å². The van der Waals surface area contributed by atoms with E-state index in [2.05, 4.69) is 0 Å². The molecule has 1 aromatic rings. The first-order valence-electron chi connectivity index (χ1n) is 6.24. The SMILES string of the molecule is CCN1C(=O)CC(C(=O)O)C1c1ccc(C)c(F)c1. The molecule has 19 heavy (non-hydrogen) atoms. The Morgan fingerprint density at radius 1 is 1.53 bits per heavy atom. The zero-order chi connectivity index (χ0) is 14.2. The number of amides is 1. The number of benzene rings is 1. The fraction of sp³-hybridized carbons (Fsp3) is 0.429. The third-order valence-corrected chi connectivity index (χ3v) is 3.63. The van der Waals surface area contributed by atoms with E-state index in [1.54, 1.807) is 26.0 Å². The molecule has 2 atom stereocenters. The average molecular weight is 265 g/mol. The van der Waals surface area contributed by atoms with Crippen molar-refractivity contribution in [1.82, 2.24) is 4.90 Å². The van der Waals surface area contributed by atoms with E-state index >= 15 is 0 Å². The largest absolute Gasteiger partial charge is 0.481 e. The van der Waals surface area contributed by atoms with Gasteiger partial charge in [0.1, 0.15) is 5.82 Å². The Hall–Kier alpha value is -1.91. The van der Waals surface area contributed by atoms with Crippen LogP contribution in [0.4, 0.5) is 4.39 Å². The van der Waals surface area contributed by atoms with Gasteiger partial charge in [-0.1, -0.05) is 12.1 Å². The van der Waals surface area contributed by atoms with Gasteiger partial charge in [0.05, 0.1) is 12.0 Å². The first-order valence-corrected chi connectivity index (χ1v) is 6.24. The number of halogens is 1. The average Bonchev–Trinajstić information content (AvgIpc) is 2.69. The molecule has 0 aromatic heterocycles. The summed E-state index contributed by atoms with van der Waals surface area (Å²) in [6.45, 7) is 3.85. The number of aryl methyl sites for hydroxylation is 1. The molecule has 1 N–H and O–H groups in total. The molecule has 0 saturated carbocycles. The Labute approximate surface area is 110 Å². The molecule has 1 aromatic carbocycles. The second kappa shape index (κ2) is 4.99. The van der Waals surface area contributed by atoms with E-state index in [4.69, 9.17) is 0 Å². The molecule has 2 rings (SSSR count). The molecule has 0 aliphatic carbocycles. The molecule has 1 aliphatic heterocycles. The summed E-state index contributed by atoms with van der Waals surface area (Å²) < 4.78 is 13.6. The van der Waals surface area contributed by atoms with E-state index in [1.165, 1.54) is 11.0 Å². The Morgan fingerprint density at radius 3 is 2.74 bits per heavy atom. The fourth-order valence-corrected chi connectivity index (χ4v) is 2.59. The van der Waals surface area contributed by atoms with Crippen LogP contribution in [0, 0.1) is 18.7 Å². The topological polar surface area (TPSA) is 57.6 Å². The minimum atomic E-state index is -1.02. The molecule has 5 heteroatoms. The standard InChI is InChI=1S/C14H16FNO3/c1-3-16-12(17)7-10(14(18)19)13(16)9-5-4-8(2)11(15)6-9/h4-6,10,13H,3,7H2,1-2H3,(H,18,19). The second-order valence-corrected chi connectivity index (χ2v) is 4.78. The van der Waals surface area contributed by atoms with Crippen molar-refractivity contribution in [3.05, 3.63) is 35.1 Å². The summed E-state index contributed by atoms with van der Waals surface area (Å²) >= 11 is 0. The second-order valence-electron chi connectivity index (χ2n) is 4.78. The van der Waals surface area contributed by atoms with Crippen LogP contribution in [0.5, 0.6) is 0 Å². The summed E-state index contributed by atoms with van der Waals surface area (Å²) in [5.41, 5.74) is 1.05. The highest BCUT2D eigenvalue weighted by Crippen LogP contribution is 2.38. The van der Waals surface area contributed by atoms with Gasteiger partial charge in [0.15, 0.2) is 0 Å². The van der Waals surface area contributed by atoms with Crippen molar-refractivity contribution in [2.75, 3.05) is 6.54 Å². The Kier molecular flexibility index (Phi) is 3.55. The molecule has 1 heterocycles. The molecule has 0 bridgehead atoms. The summed E-state index contributed by atoms with van der Waals surface area (Å²) in [5, 5.41) is 9.23. The lowest BCUT2D eigenvalue weighted by Crippen LogP contribution is -2.30. The van der Waals surface area contributed by atoms with Gasteiger partial charge < -0.3 is 10.0 Å². The van der Waals surface area contributed by atoms with Crippen molar-refractivity contribution in [2.45, 2.75) is 26.3 Å². The number of carboxylic acid groups (broad SMARTS) is 1. The third-order valence-electron chi connectivity index (χ3n) is 3.63. The Balaban J connectivity index is 2.45. The number of aliphatic carboxylic acids is 1. The summed E-state index contributed by atoms with van der Waals surface area (Å²) in [5.74, 6) is -2.40. The van der Waals surface area contributed by atoms with Crippen LogP contribution in [0.15, 0.2) is 18.2 Å². The third kappa shape index (κ3) is 2.32. The highest BCUT2D eigenvalue weighted by molar-refractivity contribution is 5.87. The van der Waals surface area contributed by atoms with E-state index < -0.39 is 17.9 Å². The van der Waals surface area contributed by atoms with Crippen LogP contribution in [-0.4, -0.2) is 28.4 Å². The highest BCUT2D eigenvalue weighted by atomic mass is 19.1. The Bertz CT molecular complexity index is 529. The first kappa shape index (κ1) is 13.5. The van der Waals surface area contributed by atoms with Crippen LogP contribution in [0.1, 0.15) is 30.5 Å². The molecule has 1 aliphatic rings. The molecule has 4 nitrogen and oxygen atoms in total.